The Morgan fingerprint density at radius 1 is 1.00 bits per heavy atom. The van der Waals surface area contributed by atoms with E-state index in [1.807, 2.05) is 24.3 Å². The summed E-state index contributed by atoms with van der Waals surface area (Å²) in [6, 6.07) is 15.2. The van der Waals surface area contributed by atoms with Crippen LogP contribution in [0.5, 0.6) is 5.75 Å². The lowest BCUT2D eigenvalue weighted by Crippen LogP contribution is -2.37. The van der Waals surface area contributed by atoms with Crippen LogP contribution in [0.25, 0.3) is 0 Å². The van der Waals surface area contributed by atoms with Gasteiger partial charge in [0.25, 0.3) is 0 Å². The Bertz CT molecular complexity index is 676. The van der Waals surface area contributed by atoms with Gasteiger partial charge < -0.3 is 15.4 Å². The van der Waals surface area contributed by atoms with Gasteiger partial charge in [-0.1, -0.05) is 56.6 Å². The molecule has 0 fully saturated rings. The Morgan fingerprint density at radius 3 is 2.24 bits per heavy atom. The molecule has 0 saturated carbocycles. The maximum atomic E-state index is 11.7. The molecule has 0 aliphatic carbocycles. The number of carbonyl (C=O) groups excluding carboxylic acids is 1. The van der Waals surface area contributed by atoms with Gasteiger partial charge in [0.05, 0.1) is 6.54 Å². The van der Waals surface area contributed by atoms with Crippen molar-refractivity contribution < 1.29 is 9.53 Å². The molecule has 134 valence electrons. The van der Waals surface area contributed by atoms with Crippen molar-refractivity contribution in [2.24, 2.45) is 0 Å². The van der Waals surface area contributed by atoms with Crippen LogP contribution in [0.3, 0.4) is 0 Å². The Kier molecular flexibility index (Phi) is 6.71. The minimum absolute atomic E-state index is 0.127. The van der Waals surface area contributed by atoms with E-state index >= 15 is 0 Å². The fourth-order valence-corrected chi connectivity index (χ4v) is 2.36. The second-order valence-corrected chi connectivity index (χ2v) is 7.30. The number of amides is 2. The minimum atomic E-state index is -0.221. The second-order valence-electron chi connectivity index (χ2n) is 6.86. The maximum absolute atomic E-state index is 11.7. The first-order chi connectivity index (χ1) is 11.8. The Morgan fingerprint density at radius 2 is 1.64 bits per heavy atom. The molecule has 0 aliphatic heterocycles. The first-order valence-electron chi connectivity index (χ1n) is 8.34. The van der Waals surface area contributed by atoms with Gasteiger partial charge in [0, 0.05) is 11.6 Å². The van der Waals surface area contributed by atoms with Crippen molar-refractivity contribution >= 4 is 17.6 Å². The number of ether oxygens (including phenoxy) is 1. The molecule has 2 amide bonds. The molecule has 0 saturated heterocycles. The van der Waals surface area contributed by atoms with Crippen LogP contribution in [-0.4, -0.2) is 19.2 Å². The van der Waals surface area contributed by atoms with Gasteiger partial charge in [-0.2, -0.15) is 0 Å². The molecule has 0 spiro atoms. The van der Waals surface area contributed by atoms with Gasteiger partial charge in [-0.15, -0.1) is 0 Å². The molecule has 0 aliphatic rings. The SMILES string of the molecule is CC(C)(C)c1ccc(OCCNC(=O)NCc2ccc(Cl)cc2)cc1. The lowest BCUT2D eigenvalue weighted by molar-refractivity contribution is 0.236. The van der Waals surface area contributed by atoms with Crippen LogP contribution in [0.1, 0.15) is 31.9 Å². The van der Waals surface area contributed by atoms with Crippen LogP contribution < -0.4 is 15.4 Å². The molecule has 0 aromatic heterocycles. The molecule has 0 unspecified atom stereocenters. The molecule has 2 N–H and O–H groups in total. The summed E-state index contributed by atoms with van der Waals surface area (Å²) in [5, 5.41) is 6.24. The number of rotatable bonds is 6. The molecule has 2 aromatic carbocycles. The van der Waals surface area contributed by atoms with E-state index in [0.717, 1.165) is 11.3 Å². The summed E-state index contributed by atoms with van der Waals surface area (Å²) in [7, 11) is 0. The minimum Gasteiger partial charge on any atom is -0.492 e. The predicted octanol–water partition coefficient (Wildman–Crippen LogP) is 4.52. The van der Waals surface area contributed by atoms with Crippen LogP contribution in [0.4, 0.5) is 4.79 Å². The lowest BCUT2D eigenvalue weighted by Gasteiger charge is -2.19. The Labute approximate surface area is 154 Å². The largest absolute Gasteiger partial charge is 0.492 e. The van der Waals surface area contributed by atoms with E-state index in [1.165, 1.54) is 5.56 Å². The van der Waals surface area contributed by atoms with Crippen molar-refractivity contribution in [1.82, 2.24) is 10.6 Å². The Balaban J connectivity index is 1.65. The molecule has 0 heterocycles. The van der Waals surface area contributed by atoms with Gasteiger partial charge >= 0.3 is 6.03 Å². The highest BCUT2D eigenvalue weighted by atomic mass is 35.5. The molecule has 2 rings (SSSR count). The number of nitrogens with one attached hydrogen (secondary N) is 2. The van der Waals surface area contributed by atoms with Crippen LogP contribution in [0.2, 0.25) is 5.02 Å². The predicted molar refractivity (Wildman–Crippen MR) is 102 cm³/mol. The highest BCUT2D eigenvalue weighted by Crippen LogP contribution is 2.24. The van der Waals surface area contributed by atoms with Crippen molar-refractivity contribution in [3.63, 3.8) is 0 Å². The molecule has 2 aromatic rings. The van der Waals surface area contributed by atoms with E-state index in [-0.39, 0.29) is 11.4 Å². The van der Waals surface area contributed by atoms with Crippen molar-refractivity contribution in [1.29, 1.82) is 0 Å². The van der Waals surface area contributed by atoms with Crippen LogP contribution in [-0.2, 0) is 12.0 Å². The summed E-state index contributed by atoms with van der Waals surface area (Å²) in [5.41, 5.74) is 2.39. The molecule has 5 heteroatoms. The summed E-state index contributed by atoms with van der Waals surface area (Å²) in [6.07, 6.45) is 0. The average Bonchev–Trinajstić information content (AvgIpc) is 2.58. The van der Waals surface area contributed by atoms with E-state index in [0.29, 0.717) is 24.7 Å². The normalized spacial score (nSPS) is 11.0. The number of halogens is 1. The fraction of sp³-hybridized carbons (Fsp3) is 0.350. The zero-order valence-electron chi connectivity index (χ0n) is 14.9. The maximum Gasteiger partial charge on any atom is 0.315 e. The third-order valence-corrected chi connectivity index (χ3v) is 3.99. The quantitative estimate of drug-likeness (QED) is 0.744. The van der Waals surface area contributed by atoms with Crippen molar-refractivity contribution in [2.75, 3.05) is 13.2 Å². The topological polar surface area (TPSA) is 50.4 Å². The van der Waals surface area contributed by atoms with E-state index < -0.39 is 0 Å². The molecule has 25 heavy (non-hydrogen) atoms. The summed E-state index contributed by atoms with van der Waals surface area (Å²) in [5.74, 6) is 0.802. The van der Waals surface area contributed by atoms with Gasteiger partial charge in [0.2, 0.25) is 0 Å². The van der Waals surface area contributed by atoms with Gasteiger partial charge in [-0.25, -0.2) is 4.79 Å². The van der Waals surface area contributed by atoms with E-state index in [1.54, 1.807) is 12.1 Å². The van der Waals surface area contributed by atoms with Crippen LogP contribution >= 0.6 is 11.6 Å². The van der Waals surface area contributed by atoms with Gasteiger partial charge in [0.15, 0.2) is 0 Å². The fourth-order valence-electron chi connectivity index (χ4n) is 2.23. The van der Waals surface area contributed by atoms with Crippen LogP contribution in [0.15, 0.2) is 48.5 Å². The summed E-state index contributed by atoms with van der Waals surface area (Å²) >= 11 is 5.83. The lowest BCUT2D eigenvalue weighted by atomic mass is 9.87. The molecular formula is C20H25ClN2O2. The number of carbonyl (C=O) groups is 1. The van der Waals surface area contributed by atoms with Crippen molar-refractivity contribution in [3.05, 3.63) is 64.7 Å². The van der Waals surface area contributed by atoms with Crippen molar-refractivity contribution in [2.45, 2.75) is 32.7 Å². The van der Waals surface area contributed by atoms with Crippen molar-refractivity contribution in [3.8, 4) is 5.75 Å². The first-order valence-corrected chi connectivity index (χ1v) is 8.72. The molecular weight excluding hydrogens is 336 g/mol. The number of benzene rings is 2. The van der Waals surface area contributed by atoms with E-state index in [4.69, 9.17) is 16.3 Å². The molecule has 0 radical (unpaired) electrons. The smallest absolute Gasteiger partial charge is 0.315 e. The molecule has 0 bridgehead atoms. The second kappa shape index (κ2) is 8.77. The highest BCUT2D eigenvalue weighted by Gasteiger charge is 2.12. The van der Waals surface area contributed by atoms with Gasteiger partial charge in [-0.05, 0) is 40.8 Å². The monoisotopic (exact) mass is 360 g/mol. The van der Waals surface area contributed by atoms with Gasteiger partial charge in [0.1, 0.15) is 12.4 Å². The first kappa shape index (κ1) is 19.1. The number of hydrogen-bond acceptors (Lipinski definition) is 2. The molecule has 0 atom stereocenters. The zero-order chi connectivity index (χ0) is 18.3. The summed E-state index contributed by atoms with van der Waals surface area (Å²) < 4.78 is 5.64. The summed E-state index contributed by atoms with van der Waals surface area (Å²) in [6.45, 7) is 7.84. The van der Waals surface area contributed by atoms with E-state index in [2.05, 4.69) is 43.5 Å². The van der Waals surface area contributed by atoms with Crippen LogP contribution in [0, 0.1) is 0 Å². The zero-order valence-corrected chi connectivity index (χ0v) is 15.7. The third kappa shape index (κ3) is 6.67. The molecule has 4 nitrogen and oxygen atoms in total. The van der Waals surface area contributed by atoms with Gasteiger partial charge in [-0.3, -0.25) is 0 Å². The van der Waals surface area contributed by atoms with E-state index in [9.17, 15) is 4.79 Å². The highest BCUT2D eigenvalue weighted by molar-refractivity contribution is 6.30. The Hall–Kier alpha value is -2.20. The summed E-state index contributed by atoms with van der Waals surface area (Å²) in [4.78, 5) is 11.7. The number of hydrogen-bond donors (Lipinski definition) is 2. The number of urea groups is 1. The standard InChI is InChI=1S/C20H25ClN2O2/c1-20(2,3)16-6-10-18(11-7-16)25-13-12-22-19(24)23-14-15-4-8-17(21)9-5-15/h4-11H,12-14H2,1-3H3,(H2,22,23,24). The average molecular weight is 361 g/mol. The third-order valence-electron chi connectivity index (χ3n) is 3.74.